The molecule has 0 aliphatic carbocycles. The van der Waals surface area contributed by atoms with Crippen LogP contribution in [0.4, 0.5) is 0 Å². The van der Waals surface area contributed by atoms with Crippen molar-refractivity contribution < 1.29 is 57.6 Å². The van der Waals surface area contributed by atoms with Crippen LogP contribution in [0.3, 0.4) is 0 Å². The number of nitrogens with one attached hydrogen (secondary N) is 1. The lowest BCUT2D eigenvalue weighted by atomic mass is 9.96. The van der Waals surface area contributed by atoms with Crippen molar-refractivity contribution in [3.05, 3.63) is 71.8 Å². The molecule has 14 heteroatoms. The number of benzene rings is 2. The van der Waals surface area contributed by atoms with Gasteiger partial charge in [-0.25, -0.2) is 0 Å². The number of unbranched alkanes of at least 4 members (excludes halogenated alkanes) is 20. The van der Waals surface area contributed by atoms with Crippen molar-refractivity contribution in [1.29, 1.82) is 0 Å². The Hall–Kier alpha value is -3.08. The lowest BCUT2D eigenvalue weighted by Crippen LogP contribution is -2.65. The molecule has 1 amide bonds. The van der Waals surface area contributed by atoms with Crippen LogP contribution in [-0.2, 0) is 55.0 Å². The van der Waals surface area contributed by atoms with Crippen LogP contribution in [0.25, 0.3) is 0 Å². The van der Waals surface area contributed by atoms with E-state index in [1.54, 1.807) is 0 Å². The number of ether oxygens (including phenoxy) is 3. The molecule has 0 spiro atoms. The third-order valence-corrected chi connectivity index (χ3v) is 12.8. The first-order chi connectivity index (χ1) is 32.3. The first-order valence-corrected chi connectivity index (χ1v) is 26.0. The second-order valence-corrected chi connectivity index (χ2v) is 18.4. The maximum Gasteiger partial charge on any atom is 0.306 e. The number of aliphatic hydroxyl groups is 2. The number of esters is 2. The van der Waals surface area contributed by atoms with E-state index in [1.165, 1.54) is 56.1 Å². The lowest BCUT2D eigenvalue weighted by Gasteiger charge is -2.43. The van der Waals surface area contributed by atoms with Gasteiger partial charge in [-0.3, -0.25) is 23.6 Å². The van der Waals surface area contributed by atoms with Crippen LogP contribution in [-0.4, -0.2) is 71.4 Å². The molecule has 0 aromatic heterocycles. The first-order valence-electron chi connectivity index (χ1n) is 25.3. The summed E-state index contributed by atoms with van der Waals surface area (Å²) in [5.74, 6) is -1.50. The SMILES string of the molecule is CCCCCCCCCCCCC[C@@H](CC(=O)N[C@H]1C(O)O[C@H](CO)[C@@H](OSOO[O-])[C@@H]1OC(=O)CCCCCCCCc1ccccc1)OC(=O)CCCCCCCCc1ccccc1. The Bertz CT molecular complexity index is 1510. The maximum atomic E-state index is 13.8. The molecule has 1 saturated heterocycles. The number of aryl methyl sites for hydroxylation is 2. The highest BCUT2D eigenvalue weighted by Crippen LogP contribution is 2.29. The van der Waals surface area contributed by atoms with Crippen molar-refractivity contribution >= 4 is 30.2 Å². The van der Waals surface area contributed by atoms with Crippen LogP contribution in [0.15, 0.2) is 60.7 Å². The van der Waals surface area contributed by atoms with Crippen molar-refractivity contribution in [3.63, 3.8) is 0 Å². The van der Waals surface area contributed by atoms with Crippen LogP contribution in [0.1, 0.15) is 191 Å². The van der Waals surface area contributed by atoms with E-state index >= 15 is 0 Å². The molecule has 1 aliphatic heterocycles. The molecule has 0 saturated carbocycles. The van der Waals surface area contributed by atoms with Gasteiger partial charge in [-0.05, 0) is 62.5 Å². The van der Waals surface area contributed by atoms with Crippen LogP contribution < -0.4 is 10.6 Å². The Labute approximate surface area is 400 Å². The summed E-state index contributed by atoms with van der Waals surface area (Å²) in [4.78, 5) is 40.2. The van der Waals surface area contributed by atoms with Crippen LogP contribution in [0, 0.1) is 0 Å². The zero-order valence-corrected chi connectivity index (χ0v) is 40.7. The highest BCUT2D eigenvalue weighted by Gasteiger charge is 2.49. The topological polar surface area (TPSA) is 182 Å². The predicted octanol–water partition coefficient (Wildman–Crippen LogP) is 10.2. The molecule has 3 N–H and O–H groups in total. The molecule has 1 fully saturated rings. The molecular weight excluding hydrogens is 863 g/mol. The second-order valence-electron chi connectivity index (χ2n) is 17.9. The van der Waals surface area contributed by atoms with Crippen molar-refractivity contribution in [2.24, 2.45) is 0 Å². The van der Waals surface area contributed by atoms with Gasteiger partial charge in [-0.2, -0.15) is 0 Å². The number of aliphatic hydroxyl groups excluding tert-OH is 2. The van der Waals surface area contributed by atoms with Gasteiger partial charge in [0.25, 0.3) is 0 Å². The molecule has 1 unspecified atom stereocenters. The largest absolute Gasteiger partial charge is 0.691 e. The predicted molar refractivity (Wildman–Crippen MR) is 255 cm³/mol. The highest BCUT2D eigenvalue weighted by molar-refractivity contribution is 7.89. The molecule has 66 heavy (non-hydrogen) atoms. The fourth-order valence-corrected chi connectivity index (χ4v) is 8.97. The van der Waals surface area contributed by atoms with Crippen molar-refractivity contribution in [3.8, 4) is 0 Å². The van der Waals surface area contributed by atoms with Gasteiger partial charge in [-0.1, -0.05) is 183 Å². The molecule has 374 valence electrons. The van der Waals surface area contributed by atoms with Gasteiger partial charge < -0.3 is 35.0 Å². The molecule has 6 atom stereocenters. The Morgan fingerprint density at radius 3 is 1.67 bits per heavy atom. The number of rotatable bonds is 40. The summed E-state index contributed by atoms with van der Waals surface area (Å²) in [5, 5.41) is 37.9. The highest BCUT2D eigenvalue weighted by atomic mass is 32.2. The summed E-state index contributed by atoms with van der Waals surface area (Å²) in [6.07, 6.45) is 20.9. The van der Waals surface area contributed by atoms with E-state index in [9.17, 15) is 29.9 Å². The number of hydrogen-bond donors (Lipinski definition) is 3. The molecule has 2 aromatic carbocycles. The molecular formula is C52H82NO12S-. The average Bonchev–Trinajstić information content (AvgIpc) is 3.32. The summed E-state index contributed by atoms with van der Waals surface area (Å²) in [7, 11) is 0. The van der Waals surface area contributed by atoms with E-state index in [0.717, 1.165) is 103 Å². The Kier molecular flexibility index (Phi) is 32.8. The average molecular weight is 945 g/mol. The number of carbonyl (C=O) groups excluding carboxylic acids is 3. The summed E-state index contributed by atoms with van der Waals surface area (Å²) in [6, 6.07) is 19.5. The monoisotopic (exact) mass is 945 g/mol. The molecule has 13 nitrogen and oxygen atoms in total. The Morgan fingerprint density at radius 2 is 1.15 bits per heavy atom. The minimum atomic E-state index is -1.70. The van der Waals surface area contributed by atoms with Gasteiger partial charge >= 0.3 is 11.9 Å². The number of hydrogen-bond acceptors (Lipinski definition) is 13. The van der Waals surface area contributed by atoms with Crippen LogP contribution in [0.2, 0.25) is 0 Å². The van der Waals surface area contributed by atoms with Gasteiger partial charge in [0.05, 0.1) is 13.0 Å². The minimum absolute atomic E-state index is 0.0766. The molecule has 1 heterocycles. The fraction of sp³-hybridized carbons (Fsp3) is 0.712. The van der Waals surface area contributed by atoms with Crippen molar-refractivity contribution in [1.82, 2.24) is 5.32 Å². The maximum absolute atomic E-state index is 13.8. The lowest BCUT2D eigenvalue weighted by molar-refractivity contribution is -0.777. The van der Waals surface area contributed by atoms with Gasteiger partial charge in [0.1, 0.15) is 24.4 Å². The Morgan fingerprint density at radius 1 is 0.667 bits per heavy atom. The van der Waals surface area contributed by atoms with E-state index in [0.29, 0.717) is 19.3 Å². The molecule has 3 rings (SSSR count). The molecule has 2 aromatic rings. The van der Waals surface area contributed by atoms with Gasteiger partial charge in [0.15, 0.2) is 24.7 Å². The van der Waals surface area contributed by atoms with Gasteiger partial charge in [0, 0.05) is 12.8 Å². The van der Waals surface area contributed by atoms with Gasteiger partial charge in [0.2, 0.25) is 5.91 Å². The molecule has 1 aliphatic rings. The third kappa shape index (κ3) is 26.5. The van der Waals surface area contributed by atoms with Crippen molar-refractivity contribution in [2.45, 2.75) is 230 Å². The van der Waals surface area contributed by atoms with Crippen molar-refractivity contribution in [2.75, 3.05) is 6.61 Å². The fourth-order valence-electron chi connectivity index (χ4n) is 8.60. The number of carbonyl (C=O) groups is 3. The first kappa shape index (κ1) is 57.2. The van der Waals surface area contributed by atoms with Crippen LogP contribution in [0.5, 0.6) is 0 Å². The summed E-state index contributed by atoms with van der Waals surface area (Å²) < 4.78 is 27.2. The zero-order valence-electron chi connectivity index (χ0n) is 39.8. The summed E-state index contributed by atoms with van der Waals surface area (Å²) >= 11 is 0.142. The van der Waals surface area contributed by atoms with E-state index in [2.05, 4.69) is 58.0 Å². The summed E-state index contributed by atoms with van der Waals surface area (Å²) in [6.45, 7) is 1.58. The zero-order chi connectivity index (χ0) is 47.3. The van der Waals surface area contributed by atoms with E-state index in [4.69, 9.17) is 18.4 Å². The van der Waals surface area contributed by atoms with E-state index in [1.807, 2.05) is 24.3 Å². The quantitative estimate of drug-likeness (QED) is 0.0189. The number of amides is 1. The second kappa shape index (κ2) is 37.8. The normalized spacial score (nSPS) is 18.8. The van der Waals surface area contributed by atoms with E-state index in [-0.39, 0.29) is 37.6 Å². The Balaban J connectivity index is 1.53. The van der Waals surface area contributed by atoms with Gasteiger partial charge in [-0.15, -0.1) is 4.33 Å². The minimum Gasteiger partial charge on any atom is -0.691 e. The standard InChI is InChI=1S/C52H83NO12S/c1-2-3-4-5-6-7-8-9-10-17-28-37-44(60-47(56)38-29-18-13-11-15-22-31-42-33-24-20-25-34-42)40-46(55)53-49-51(50(63-66-65-64-59)45(41-54)61-52(49)58)62-48(57)39-30-19-14-12-16-23-32-43-35-26-21-27-36-43/h20-21,24-27,33-36,44-45,49-52,54,58-59H,2-19,22-23,28-32,37-41H2,1H3,(H,53,55)/p-1/t44-,45+,49+,50+,51+,52?/m0/s1. The van der Waals surface area contributed by atoms with E-state index < -0.39 is 55.2 Å². The summed E-state index contributed by atoms with van der Waals surface area (Å²) in [5.41, 5.74) is 2.68. The third-order valence-electron chi connectivity index (χ3n) is 12.4. The molecule has 0 radical (unpaired) electrons. The van der Waals surface area contributed by atoms with Crippen LogP contribution >= 0.6 is 12.3 Å². The molecule has 0 bridgehead atoms. The smallest absolute Gasteiger partial charge is 0.306 e.